The molecule has 1 atom stereocenters. The van der Waals surface area contributed by atoms with Gasteiger partial charge < -0.3 is 26.0 Å². The lowest BCUT2D eigenvalue weighted by Gasteiger charge is -2.16. The van der Waals surface area contributed by atoms with Crippen LogP contribution in [0.1, 0.15) is 119 Å². The van der Waals surface area contributed by atoms with Gasteiger partial charge in [0, 0.05) is 31.9 Å². The molecule has 10 rings (SSSR count). The number of carbonyl (C=O) groups is 4. The lowest BCUT2D eigenvalue weighted by atomic mass is 10.1. The fourth-order valence-corrected chi connectivity index (χ4v) is 8.45. The minimum atomic E-state index is -1.08. The zero-order valence-corrected chi connectivity index (χ0v) is 34.1. The molecule has 2 aliphatic heterocycles. The van der Waals surface area contributed by atoms with Crippen LogP contribution in [-0.4, -0.2) is 86.7 Å². The number of nitrogens with zero attached hydrogens (tertiary/aromatic N) is 9. The Morgan fingerprint density at radius 1 is 0.700 bits per heavy atom. The van der Waals surface area contributed by atoms with E-state index in [4.69, 9.17) is 10.8 Å². The van der Waals surface area contributed by atoms with E-state index >= 15 is 0 Å². The quantitative estimate of drug-likeness (QED) is 0.165. The van der Waals surface area contributed by atoms with Crippen LogP contribution in [0.3, 0.4) is 0 Å². The zero-order chi connectivity index (χ0) is 42.0. The van der Waals surface area contributed by atoms with Gasteiger partial charge >= 0.3 is 5.97 Å². The number of nitrogen functional groups attached to an aromatic ring is 1. The van der Waals surface area contributed by atoms with Gasteiger partial charge in [-0.3, -0.25) is 14.4 Å². The lowest BCUT2D eigenvalue weighted by Crippen LogP contribution is -2.27. The first-order valence-corrected chi connectivity index (χ1v) is 20.9. The highest BCUT2D eigenvalue weighted by molar-refractivity contribution is 5.92. The number of aromatic carboxylic acids is 1. The maximum absolute atomic E-state index is 12.7. The molecule has 5 aliphatic rings. The molecule has 2 aromatic carbocycles. The van der Waals surface area contributed by atoms with Gasteiger partial charge in [0.2, 0.25) is 11.8 Å². The molecular weight excluding hydrogens is 763 g/mol. The van der Waals surface area contributed by atoms with Gasteiger partial charge in [-0.25, -0.2) is 19.1 Å². The third-order valence-electron chi connectivity index (χ3n) is 12.3. The van der Waals surface area contributed by atoms with Gasteiger partial charge in [-0.1, -0.05) is 78.9 Å². The van der Waals surface area contributed by atoms with Gasteiger partial charge in [0.25, 0.3) is 5.91 Å². The first-order chi connectivity index (χ1) is 29.0. The van der Waals surface area contributed by atoms with E-state index in [2.05, 4.69) is 43.1 Å². The van der Waals surface area contributed by atoms with Crippen molar-refractivity contribution >= 4 is 29.5 Å². The summed E-state index contributed by atoms with van der Waals surface area (Å²) in [5.74, 6) is -0.194. The molecule has 16 heteroatoms. The number of benzene rings is 2. The molecule has 3 aliphatic carbocycles. The predicted molar refractivity (Wildman–Crippen MR) is 220 cm³/mol. The lowest BCUT2D eigenvalue weighted by molar-refractivity contribution is -0.133. The number of hydrogen-bond donors (Lipinski definition) is 3. The Labute approximate surface area is 348 Å². The van der Waals surface area contributed by atoms with Crippen molar-refractivity contribution in [2.45, 2.75) is 97.4 Å². The number of fused-ring (bicyclic) bond motifs is 1. The van der Waals surface area contributed by atoms with E-state index in [-0.39, 0.29) is 34.2 Å². The van der Waals surface area contributed by atoms with Crippen LogP contribution in [0.15, 0.2) is 73.1 Å². The number of carbonyl (C=O) groups excluding carboxylic acids is 3. The van der Waals surface area contributed by atoms with Gasteiger partial charge in [-0.15, -0.1) is 10.2 Å². The van der Waals surface area contributed by atoms with Crippen molar-refractivity contribution in [3.05, 3.63) is 118 Å². The first-order valence-electron chi connectivity index (χ1n) is 20.9. The van der Waals surface area contributed by atoms with E-state index in [0.29, 0.717) is 43.8 Å². The van der Waals surface area contributed by atoms with Crippen LogP contribution in [0.5, 0.6) is 0 Å². The third-order valence-corrected chi connectivity index (χ3v) is 12.3. The highest BCUT2D eigenvalue weighted by Crippen LogP contribution is 2.54. The fraction of sp³-hybridized carbons (Fsp3) is 0.432. The van der Waals surface area contributed by atoms with Crippen LogP contribution in [0.4, 0.5) is 5.82 Å². The van der Waals surface area contributed by atoms with Crippen LogP contribution >= 0.6 is 0 Å². The van der Waals surface area contributed by atoms with E-state index in [0.717, 1.165) is 98.0 Å². The van der Waals surface area contributed by atoms with E-state index in [9.17, 15) is 19.2 Å². The van der Waals surface area contributed by atoms with Crippen LogP contribution in [0.25, 0.3) is 0 Å². The van der Waals surface area contributed by atoms with Crippen LogP contribution in [-0.2, 0) is 42.2 Å². The highest BCUT2D eigenvalue weighted by atomic mass is 16.4. The summed E-state index contributed by atoms with van der Waals surface area (Å²) in [6.07, 6.45) is 10.9. The molecule has 4 N–H and O–H groups in total. The van der Waals surface area contributed by atoms with Crippen LogP contribution in [0, 0.1) is 10.8 Å². The summed E-state index contributed by atoms with van der Waals surface area (Å²) in [5, 5.41) is 27.5. The zero-order valence-electron chi connectivity index (χ0n) is 34.1. The molecular formula is C44H51N11O5. The fourth-order valence-electron chi connectivity index (χ4n) is 8.45. The first kappa shape index (κ1) is 40.3. The van der Waals surface area contributed by atoms with E-state index < -0.39 is 5.97 Å². The molecule has 3 amide bonds. The summed E-state index contributed by atoms with van der Waals surface area (Å²) in [6.45, 7) is 8.03. The number of likely N-dealkylation sites (tertiary alicyclic amines) is 2. The van der Waals surface area contributed by atoms with Crippen molar-refractivity contribution in [1.82, 2.24) is 50.1 Å². The molecule has 5 heterocycles. The number of rotatable bonds is 11. The second kappa shape index (κ2) is 16.7. The van der Waals surface area contributed by atoms with Crippen LogP contribution < -0.4 is 11.1 Å². The van der Waals surface area contributed by atoms with Gasteiger partial charge in [-0.2, -0.15) is 0 Å². The molecule has 3 aromatic heterocycles. The Hall–Kier alpha value is -6.45. The van der Waals surface area contributed by atoms with E-state index in [1.54, 1.807) is 16.9 Å². The normalized spacial score (nSPS) is 18.8. The highest BCUT2D eigenvalue weighted by Gasteiger charge is 2.56. The summed E-state index contributed by atoms with van der Waals surface area (Å²) in [5.41, 5.74) is 12.2. The molecule has 5 aromatic rings. The SMILES string of the molecule is CC.Nc1ccc2c(n1)CCC2NC(=O)c1cn(Cc2ccc(CN3CCC4(CC4)C3=O)cc2)nn1.O=C(O)c1cn(Cc2ccc(CN3CCC4(CC4)C3=O)cc2)nn1. The predicted octanol–water partition coefficient (Wildman–Crippen LogP) is 4.80. The van der Waals surface area contributed by atoms with Crippen LogP contribution in [0.2, 0.25) is 0 Å². The van der Waals surface area contributed by atoms with E-state index in [1.165, 1.54) is 10.9 Å². The second-order valence-electron chi connectivity index (χ2n) is 16.4. The minimum absolute atomic E-state index is 0.00508. The standard InChI is InChI=1S/C25H27N7O2.C17H18N4O3.C2H6/c26-22-8-5-18-19(27-22)6-7-20(18)28-23(33)21-15-32(30-29-21)14-17-3-1-16(2-4-17)13-31-12-11-25(9-10-25)24(31)34;22-15(23)14-11-21(19-18-14)10-13-3-1-12(2-4-13)9-20-8-7-17(5-6-17)16(20)24;1-2/h1-5,8,15,20H,6-7,9-14H2,(H2,26,27)(H,28,33);1-4,11H,5-10H2,(H,22,23);1-2H3. The molecule has 60 heavy (non-hydrogen) atoms. The molecule has 1 unspecified atom stereocenters. The third kappa shape index (κ3) is 8.63. The van der Waals surface area contributed by atoms with Gasteiger partial charge in [-0.05, 0) is 85.3 Å². The molecule has 4 fully saturated rings. The molecule has 0 bridgehead atoms. The Morgan fingerprint density at radius 3 is 1.62 bits per heavy atom. The van der Waals surface area contributed by atoms with Gasteiger partial charge in [0.1, 0.15) is 5.82 Å². The molecule has 312 valence electrons. The number of aromatic nitrogens is 7. The van der Waals surface area contributed by atoms with Crippen molar-refractivity contribution in [1.29, 1.82) is 0 Å². The Kier molecular flexibility index (Phi) is 11.2. The monoisotopic (exact) mass is 813 g/mol. The number of anilines is 1. The minimum Gasteiger partial charge on any atom is -0.476 e. The second-order valence-corrected chi connectivity index (χ2v) is 16.4. The number of nitrogens with two attached hydrogens (primary N) is 1. The number of aryl methyl sites for hydroxylation is 1. The van der Waals surface area contributed by atoms with Crippen molar-refractivity contribution in [2.75, 3.05) is 18.8 Å². The Morgan fingerprint density at radius 2 is 1.17 bits per heavy atom. The van der Waals surface area contributed by atoms with Crippen molar-refractivity contribution < 1.29 is 24.3 Å². The topological polar surface area (TPSA) is 207 Å². The summed E-state index contributed by atoms with van der Waals surface area (Å²) >= 11 is 0. The maximum atomic E-state index is 12.7. The molecule has 2 saturated carbocycles. The molecule has 2 spiro atoms. The van der Waals surface area contributed by atoms with Crippen molar-refractivity contribution in [3.63, 3.8) is 0 Å². The number of nitrogens with one attached hydrogen (secondary N) is 1. The Bertz CT molecular complexity index is 2380. The maximum Gasteiger partial charge on any atom is 0.358 e. The summed E-state index contributed by atoms with van der Waals surface area (Å²) < 4.78 is 3.16. The van der Waals surface area contributed by atoms with Gasteiger partial charge in [0.05, 0.1) is 42.4 Å². The van der Waals surface area contributed by atoms with Crippen molar-refractivity contribution in [2.24, 2.45) is 10.8 Å². The number of carboxylic acid groups (broad SMARTS) is 1. The summed E-state index contributed by atoms with van der Waals surface area (Å²) in [6, 6.07) is 19.8. The molecule has 0 radical (unpaired) electrons. The summed E-state index contributed by atoms with van der Waals surface area (Å²) in [7, 11) is 0. The largest absolute Gasteiger partial charge is 0.476 e. The Balaban J connectivity index is 0.000000169. The molecule has 16 nitrogen and oxygen atoms in total. The number of carboxylic acids is 1. The van der Waals surface area contributed by atoms with Crippen molar-refractivity contribution in [3.8, 4) is 0 Å². The number of pyridine rings is 1. The van der Waals surface area contributed by atoms with Gasteiger partial charge in [0.15, 0.2) is 11.4 Å². The average Bonchev–Trinajstić information content (AvgIpc) is 3.91. The number of hydrogen-bond acceptors (Lipinski definition) is 10. The number of amides is 3. The summed E-state index contributed by atoms with van der Waals surface area (Å²) in [4.78, 5) is 56.7. The average molecular weight is 814 g/mol. The smallest absolute Gasteiger partial charge is 0.358 e. The van der Waals surface area contributed by atoms with E-state index in [1.807, 2.05) is 66.1 Å². The molecule has 2 saturated heterocycles.